The van der Waals surface area contributed by atoms with Crippen LogP contribution < -0.4 is 29.0 Å². The van der Waals surface area contributed by atoms with E-state index < -0.39 is 0 Å². The van der Waals surface area contributed by atoms with E-state index in [4.69, 9.17) is 9.15 Å². The summed E-state index contributed by atoms with van der Waals surface area (Å²) in [6.07, 6.45) is 1.98. The monoisotopic (exact) mass is 522 g/mol. The number of hydrogen-bond donors (Lipinski definition) is 0. The van der Waals surface area contributed by atoms with Gasteiger partial charge >= 0.3 is 5.89 Å². The van der Waals surface area contributed by atoms with Gasteiger partial charge in [-0.15, -0.1) is 11.3 Å². The number of hydrogen-bond acceptors (Lipinski definition) is 5. The molecular formula is C31H28N3O3S+. The van der Waals surface area contributed by atoms with E-state index in [1.807, 2.05) is 85.6 Å². The van der Waals surface area contributed by atoms with Gasteiger partial charge in [0.25, 0.3) is 11.3 Å². The molecule has 2 aromatic heterocycles. The number of rotatable bonds is 5. The number of ether oxygens (including phenoxy) is 1. The molecule has 0 bridgehead atoms. The van der Waals surface area contributed by atoms with Crippen molar-refractivity contribution >= 4 is 29.0 Å². The molecule has 0 spiro atoms. The highest BCUT2D eigenvalue weighted by molar-refractivity contribution is 7.07. The lowest BCUT2D eigenvalue weighted by Crippen LogP contribution is -2.37. The van der Waals surface area contributed by atoms with E-state index in [2.05, 4.69) is 35.8 Å². The van der Waals surface area contributed by atoms with E-state index in [9.17, 15) is 4.79 Å². The van der Waals surface area contributed by atoms with Gasteiger partial charge < -0.3 is 14.1 Å². The lowest BCUT2D eigenvalue weighted by molar-refractivity contribution is -0.687. The molecule has 0 aliphatic carbocycles. The topological polar surface area (TPSA) is 51.5 Å². The molecule has 0 saturated heterocycles. The Bertz CT molecular complexity index is 1800. The van der Waals surface area contributed by atoms with Gasteiger partial charge in [0.1, 0.15) is 11.2 Å². The minimum atomic E-state index is -0.0698. The third-order valence-electron chi connectivity index (χ3n) is 6.76. The number of para-hydroxylation sites is 2. The molecule has 0 N–H and O–H groups in total. The fraction of sp³-hybridized carbons (Fsp3) is 0.161. The van der Waals surface area contributed by atoms with Crippen molar-refractivity contribution in [3.8, 4) is 28.3 Å². The minimum Gasteiger partial charge on any atom is -0.437 e. The molecule has 6 nitrogen and oxygen atoms in total. The van der Waals surface area contributed by atoms with Crippen LogP contribution in [0.5, 0.6) is 5.75 Å². The number of fused-ring (bicyclic) bond motifs is 1. The average Bonchev–Trinajstić information content (AvgIpc) is 3.60. The van der Waals surface area contributed by atoms with E-state index in [0.717, 1.165) is 38.7 Å². The molecule has 0 radical (unpaired) electrons. The maximum Gasteiger partial charge on any atom is 0.377 e. The normalized spacial score (nSPS) is 14.6. The first-order valence-electron chi connectivity index (χ1n) is 12.7. The van der Waals surface area contributed by atoms with Crippen LogP contribution in [0.1, 0.15) is 19.7 Å². The van der Waals surface area contributed by atoms with Crippen molar-refractivity contribution in [2.45, 2.75) is 26.9 Å². The predicted molar refractivity (Wildman–Crippen MR) is 151 cm³/mol. The van der Waals surface area contributed by atoms with Crippen LogP contribution in [0.4, 0.5) is 5.69 Å². The number of benzene rings is 3. The van der Waals surface area contributed by atoms with Crippen LogP contribution in [0.2, 0.25) is 0 Å². The van der Waals surface area contributed by atoms with E-state index in [-0.39, 0.29) is 5.56 Å². The lowest BCUT2D eigenvalue weighted by Gasteiger charge is -2.09. The van der Waals surface area contributed by atoms with Gasteiger partial charge in [-0.2, -0.15) is 4.57 Å². The second-order valence-corrected chi connectivity index (χ2v) is 10.0. The Morgan fingerprint density at radius 1 is 0.895 bits per heavy atom. The van der Waals surface area contributed by atoms with Gasteiger partial charge in [-0.3, -0.25) is 9.36 Å². The first kappa shape index (κ1) is 24.0. The summed E-state index contributed by atoms with van der Waals surface area (Å²) in [5, 5.41) is 0. The van der Waals surface area contributed by atoms with Crippen molar-refractivity contribution in [2.75, 3.05) is 11.9 Å². The SMILES string of the molecule is CCn1c(=Cc2oc(-c3ccccc3)c(-c3ccccc3)[n+]2CC)sc(=C2Oc3ccccc3N2C)c1=O. The molecule has 5 aromatic rings. The number of anilines is 1. The molecular weight excluding hydrogens is 494 g/mol. The molecule has 1 aliphatic heterocycles. The first-order valence-corrected chi connectivity index (χ1v) is 13.6. The zero-order valence-electron chi connectivity index (χ0n) is 21.5. The summed E-state index contributed by atoms with van der Waals surface area (Å²) in [5.41, 5.74) is 3.96. The molecule has 3 heterocycles. The maximum absolute atomic E-state index is 13.6. The summed E-state index contributed by atoms with van der Waals surface area (Å²) in [4.78, 5) is 15.5. The van der Waals surface area contributed by atoms with E-state index in [1.54, 1.807) is 4.57 Å². The molecule has 190 valence electrons. The van der Waals surface area contributed by atoms with Crippen molar-refractivity contribution in [1.29, 1.82) is 0 Å². The van der Waals surface area contributed by atoms with Gasteiger partial charge in [-0.05, 0) is 38.1 Å². The van der Waals surface area contributed by atoms with Crippen molar-refractivity contribution in [2.24, 2.45) is 0 Å². The fourth-order valence-electron chi connectivity index (χ4n) is 4.91. The summed E-state index contributed by atoms with van der Waals surface area (Å²) in [6, 6.07) is 28.2. The second kappa shape index (κ2) is 9.84. The molecule has 0 atom stereocenters. The largest absolute Gasteiger partial charge is 0.437 e. The molecule has 3 aromatic carbocycles. The van der Waals surface area contributed by atoms with Crippen molar-refractivity contribution in [3.63, 3.8) is 0 Å². The number of oxazole rings is 1. The summed E-state index contributed by atoms with van der Waals surface area (Å²) < 4.78 is 18.0. The minimum absolute atomic E-state index is 0.0698. The molecule has 0 saturated carbocycles. The quantitative estimate of drug-likeness (QED) is 0.317. The third kappa shape index (κ3) is 3.96. The van der Waals surface area contributed by atoms with Crippen LogP contribution >= 0.6 is 11.3 Å². The molecule has 0 fully saturated rings. The van der Waals surface area contributed by atoms with Crippen molar-refractivity contribution in [1.82, 2.24) is 4.57 Å². The van der Waals surface area contributed by atoms with E-state index in [0.29, 0.717) is 29.4 Å². The molecule has 6 rings (SSSR count). The zero-order chi connectivity index (χ0) is 26.2. The van der Waals surface area contributed by atoms with Crippen LogP contribution in [0, 0.1) is 0 Å². The highest BCUT2D eigenvalue weighted by Gasteiger charge is 2.30. The van der Waals surface area contributed by atoms with E-state index in [1.165, 1.54) is 11.3 Å². The van der Waals surface area contributed by atoms with Crippen LogP contribution in [0.25, 0.3) is 34.5 Å². The molecule has 0 unspecified atom stereocenters. The second-order valence-electron chi connectivity index (χ2n) is 8.99. The Balaban J connectivity index is 1.59. The number of thiazole rings is 1. The summed E-state index contributed by atoms with van der Waals surface area (Å²) >= 11 is 1.42. The summed E-state index contributed by atoms with van der Waals surface area (Å²) in [5.74, 6) is 2.80. The predicted octanol–water partition coefficient (Wildman–Crippen LogP) is 4.59. The van der Waals surface area contributed by atoms with Crippen molar-refractivity contribution < 1.29 is 13.7 Å². The highest BCUT2D eigenvalue weighted by atomic mass is 32.1. The van der Waals surface area contributed by atoms with Crippen LogP contribution in [-0.2, 0) is 13.1 Å². The van der Waals surface area contributed by atoms with Gasteiger partial charge in [0.2, 0.25) is 11.6 Å². The summed E-state index contributed by atoms with van der Waals surface area (Å²) in [7, 11) is 1.93. The molecule has 0 amide bonds. The van der Waals surface area contributed by atoms with Crippen LogP contribution in [-0.4, -0.2) is 11.6 Å². The van der Waals surface area contributed by atoms with Gasteiger partial charge in [-0.25, -0.2) is 0 Å². The zero-order valence-corrected chi connectivity index (χ0v) is 22.4. The van der Waals surface area contributed by atoms with Gasteiger partial charge in [0.15, 0.2) is 10.3 Å². The van der Waals surface area contributed by atoms with Crippen LogP contribution in [0.15, 0.2) is 94.1 Å². The third-order valence-corrected chi connectivity index (χ3v) is 7.87. The molecule has 1 aliphatic rings. The fourth-order valence-corrected chi connectivity index (χ4v) is 6.06. The smallest absolute Gasteiger partial charge is 0.377 e. The van der Waals surface area contributed by atoms with Gasteiger partial charge in [0.05, 0.1) is 17.3 Å². The maximum atomic E-state index is 13.6. The van der Waals surface area contributed by atoms with Crippen LogP contribution in [0.3, 0.4) is 0 Å². The standard InChI is InChI=1S/C31H28N3O3S/c1-4-33-25(37-28(22-16-10-7-11-17-22)27(33)21-14-8-6-9-15-21)20-26-34(5-2)30(35)29(38-26)31-32(3)23-18-12-13-19-24(23)36-31/h6-20H,4-5H2,1-3H3/q+1. The Kier molecular flexibility index (Phi) is 6.21. The van der Waals surface area contributed by atoms with Gasteiger partial charge in [0, 0.05) is 19.2 Å². The summed E-state index contributed by atoms with van der Waals surface area (Å²) in [6.45, 7) is 5.33. The Morgan fingerprint density at radius 3 is 2.21 bits per heavy atom. The number of nitrogens with zero attached hydrogens (tertiary/aromatic N) is 3. The average molecular weight is 523 g/mol. The Hall–Kier alpha value is -4.36. The lowest BCUT2D eigenvalue weighted by atomic mass is 10.1. The Morgan fingerprint density at radius 2 is 1.55 bits per heavy atom. The van der Waals surface area contributed by atoms with Gasteiger partial charge in [-0.1, -0.05) is 60.7 Å². The number of aromatic nitrogens is 2. The van der Waals surface area contributed by atoms with E-state index >= 15 is 0 Å². The van der Waals surface area contributed by atoms with Crippen molar-refractivity contribution in [3.05, 3.63) is 110 Å². The highest BCUT2D eigenvalue weighted by Crippen LogP contribution is 2.37. The molecule has 7 heteroatoms. The first-order chi connectivity index (χ1) is 18.6. The molecule has 38 heavy (non-hydrogen) atoms. The Labute approximate surface area is 224 Å².